The summed E-state index contributed by atoms with van der Waals surface area (Å²) in [4.78, 5) is 29.2. The van der Waals surface area contributed by atoms with Gasteiger partial charge in [0.15, 0.2) is 0 Å². The molecule has 9 heteroatoms. The van der Waals surface area contributed by atoms with Gasteiger partial charge in [-0.05, 0) is 30.2 Å². The maximum Gasteiger partial charge on any atom is 0.225 e. The lowest BCUT2D eigenvalue weighted by atomic mass is 10.1. The quantitative estimate of drug-likeness (QED) is 0.445. The van der Waals surface area contributed by atoms with Gasteiger partial charge in [0, 0.05) is 23.9 Å². The number of thiophene rings is 1. The van der Waals surface area contributed by atoms with E-state index in [2.05, 4.69) is 26.3 Å². The molecule has 4 aromatic rings. The molecule has 1 aromatic carbocycles. The Hall–Kier alpha value is -2.91. The number of aromatic nitrogens is 3. The highest BCUT2D eigenvalue weighted by Crippen LogP contribution is 2.36. The van der Waals surface area contributed by atoms with Gasteiger partial charge in [0.05, 0.1) is 26.8 Å². The van der Waals surface area contributed by atoms with Gasteiger partial charge in [0.1, 0.15) is 22.8 Å². The molecule has 1 N–H and O–H groups in total. The van der Waals surface area contributed by atoms with Crippen LogP contribution in [0.1, 0.15) is 25.1 Å². The third kappa shape index (κ3) is 3.79. The minimum Gasteiger partial charge on any atom is -0.338 e. The molecule has 0 unspecified atom stereocenters. The number of anilines is 2. The number of fused-ring (bicyclic) bond motifs is 2. The van der Waals surface area contributed by atoms with Gasteiger partial charge in [-0.15, -0.1) is 22.7 Å². The van der Waals surface area contributed by atoms with Crippen LogP contribution >= 0.6 is 22.7 Å². The number of benzene rings is 1. The third-order valence-electron chi connectivity index (χ3n) is 5.28. The molecule has 0 atom stereocenters. The Balaban J connectivity index is 1.47. The van der Waals surface area contributed by atoms with Crippen LogP contribution in [-0.2, 0) is 4.79 Å². The van der Waals surface area contributed by atoms with E-state index in [0.717, 1.165) is 43.8 Å². The molecule has 5 rings (SSSR count). The number of carbonyl (C=O) groups excluding carboxylic acids is 1. The molecule has 0 spiro atoms. The van der Waals surface area contributed by atoms with Gasteiger partial charge in [0.2, 0.25) is 5.91 Å². The summed E-state index contributed by atoms with van der Waals surface area (Å²) in [7, 11) is 0. The summed E-state index contributed by atoms with van der Waals surface area (Å²) >= 11 is 2.96. The van der Waals surface area contributed by atoms with E-state index in [4.69, 9.17) is 0 Å². The zero-order chi connectivity index (χ0) is 21.5. The summed E-state index contributed by atoms with van der Waals surface area (Å²) in [5.41, 5.74) is 3.89. The Morgan fingerprint density at radius 2 is 2.10 bits per heavy atom. The first-order valence-electron chi connectivity index (χ1n) is 10.0. The van der Waals surface area contributed by atoms with Crippen LogP contribution in [0.2, 0.25) is 0 Å². The van der Waals surface area contributed by atoms with E-state index in [1.165, 1.54) is 23.7 Å². The average molecular weight is 454 g/mol. The van der Waals surface area contributed by atoms with Crippen molar-refractivity contribution in [3.8, 4) is 0 Å². The Morgan fingerprint density at radius 3 is 2.94 bits per heavy atom. The van der Waals surface area contributed by atoms with Gasteiger partial charge >= 0.3 is 0 Å². The van der Waals surface area contributed by atoms with Gasteiger partial charge in [-0.25, -0.2) is 19.3 Å². The van der Waals surface area contributed by atoms with Crippen LogP contribution in [0.5, 0.6) is 0 Å². The molecule has 158 valence electrons. The highest BCUT2D eigenvalue weighted by Gasteiger charge is 2.22. The van der Waals surface area contributed by atoms with Crippen molar-refractivity contribution in [3.63, 3.8) is 0 Å². The van der Waals surface area contributed by atoms with Crippen molar-refractivity contribution in [2.45, 2.75) is 20.3 Å². The molecule has 0 aliphatic carbocycles. The largest absolute Gasteiger partial charge is 0.338 e. The summed E-state index contributed by atoms with van der Waals surface area (Å²) in [5.74, 6) is 0.347. The first-order valence-corrected chi connectivity index (χ1v) is 11.7. The van der Waals surface area contributed by atoms with Gasteiger partial charge in [0.25, 0.3) is 0 Å². The van der Waals surface area contributed by atoms with Crippen LogP contribution in [0.3, 0.4) is 0 Å². The lowest BCUT2D eigenvalue weighted by Gasteiger charge is -2.28. The van der Waals surface area contributed by atoms with Crippen molar-refractivity contribution in [3.05, 3.63) is 46.8 Å². The summed E-state index contributed by atoms with van der Waals surface area (Å²) in [6.07, 6.45) is 4.50. The monoisotopic (exact) mass is 453 g/mol. The fourth-order valence-corrected chi connectivity index (χ4v) is 5.40. The molecule has 0 radical (unpaired) electrons. The molecule has 0 saturated heterocycles. The molecule has 1 amide bonds. The summed E-state index contributed by atoms with van der Waals surface area (Å²) in [5, 5.41) is 3.94. The zero-order valence-electron chi connectivity index (χ0n) is 17.1. The van der Waals surface area contributed by atoms with Crippen LogP contribution in [0.15, 0.2) is 36.1 Å². The van der Waals surface area contributed by atoms with Crippen LogP contribution in [0, 0.1) is 11.7 Å². The van der Waals surface area contributed by atoms with Gasteiger partial charge in [-0.3, -0.25) is 4.79 Å². The number of rotatable bonds is 4. The normalized spacial score (nSPS) is 14.5. The van der Waals surface area contributed by atoms with E-state index in [-0.39, 0.29) is 17.6 Å². The van der Waals surface area contributed by atoms with Crippen LogP contribution in [0.4, 0.5) is 15.9 Å². The number of nitrogens with one attached hydrogen (secondary N) is 1. The topological polar surface area (TPSA) is 71.0 Å². The standard InChI is InChI=1S/C22H20FN5OS2/c1-12(2)22(29)28-5-3-4-13(9-28)18-6-14-20(24-10-25-21(14)31-18)27-16-8-17-19(7-15(16)23)30-11-26-17/h4,6-8,10-12H,3,5,9H2,1-2H3,(H,24,25,27). The third-order valence-corrected chi connectivity index (χ3v) is 7.19. The highest BCUT2D eigenvalue weighted by molar-refractivity contribution is 7.19. The molecule has 1 aliphatic heterocycles. The van der Waals surface area contributed by atoms with E-state index < -0.39 is 0 Å². The predicted octanol–water partition coefficient (Wildman–Crippen LogP) is 5.46. The van der Waals surface area contributed by atoms with E-state index in [1.54, 1.807) is 22.9 Å². The lowest BCUT2D eigenvalue weighted by molar-refractivity contribution is -0.133. The van der Waals surface area contributed by atoms with Gasteiger partial charge in [-0.1, -0.05) is 19.9 Å². The lowest BCUT2D eigenvalue weighted by Crippen LogP contribution is -2.37. The summed E-state index contributed by atoms with van der Waals surface area (Å²) in [6, 6.07) is 5.21. The Bertz CT molecular complexity index is 1330. The van der Waals surface area contributed by atoms with Crippen LogP contribution in [0.25, 0.3) is 26.0 Å². The molecule has 31 heavy (non-hydrogen) atoms. The Labute approximate surface area is 186 Å². The molecule has 0 bridgehead atoms. The number of amides is 1. The van der Waals surface area contributed by atoms with E-state index in [1.807, 2.05) is 24.8 Å². The van der Waals surface area contributed by atoms with E-state index in [0.29, 0.717) is 18.1 Å². The van der Waals surface area contributed by atoms with Crippen molar-refractivity contribution in [2.24, 2.45) is 5.92 Å². The number of nitrogens with zero attached hydrogens (tertiary/aromatic N) is 4. The zero-order valence-corrected chi connectivity index (χ0v) is 18.7. The molecular weight excluding hydrogens is 433 g/mol. The fourth-order valence-electron chi connectivity index (χ4n) is 3.69. The highest BCUT2D eigenvalue weighted by atomic mass is 32.1. The average Bonchev–Trinajstić information content (AvgIpc) is 3.40. The summed E-state index contributed by atoms with van der Waals surface area (Å²) < 4.78 is 15.4. The van der Waals surface area contributed by atoms with Crippen molar-refractivity contribution < 1.29 is 9.18 Å². The van der Waals surface area contributed by atoms with Crippen molar-refractivity contribution in [1.29, 1.82) is 0 Å². The molecule has 1 aliphatic rings. The number of carbonyl (C=O) groups is 1. The van der Waals surface area contributed by atoms with E-state index >= 15 is 0 Å². The van der Waals surface area contributed by atoms with Gasteiger partial charge in [-0.2, -0.15) is 0 Å². The maximum atomic E-state index is 14.6. The number of hydrogen-bond acceptors (Lipinski definition) is 7. The fraction of sp³-hybridized carbons (Fsp3) is 0.273. The smallest absolute Gasteiger partial charge is 0.225 e. The predicted molar refractivity (Wildman–Crippen MR) is 124 cm³/mol. The van der Waals surface area contributed by atoms with Crippen molar-refractivity contribution >= 4 is 66.1 Å². The Kier molecular flexibility index (Phi) is 5.15. The van der Waals surface area contributed by atoms with Crippen LogP contribution in [-0.4, -0.2) is 38.8 Å². The first kappa shape index (κ1) is 20.0. The second kappa shape index (κ2) is 7.97. The molecule has 4 heterocycles. The van der Waals surface area contributed by atoms with Crippen molar-refractivity contribution in [1.82, 2.24) is 19.9 Å². The molecule has 0 fully saturated rings. The number of hydrogen-bond donors (Lipinski definition) is 1. The van der Waals surface area contributed by atoms with Crippen molar-refractivity contribution in [2.75, 3.05) is 18.4 Å². The first-order chi connectivity index (χ1) is 15.0. The molecule has 6 nitrogen and oxygen atoms in total. The summed E-state index contributed by atoms with van der Waals surface area (Å²) in [6.45, 7) is 5.19. The second-order valence-corrected chi connectivity index (χ2v) is 9.68. The number of halogens is 1. The molecular formula is C22H20FN5OS2. The minimum absolute atomic E-state index is 0.0200. The second-order valence-electron chi connectivity index (χ2n) is 7.76. The molecule has 3 aromatic heterocycles. The maximum absolute atomic E-state index is 14.6. The Morgan fingerprint density at radius 1 is 1.23 bits per heavy atom. The minimum atomic E-state index is -0.350. The molecule has 0 saturated carbocycles. The van der Waals surface area contributed by atoms with Gasteiger partial charge < -0.3 is 10.2 Å². The SMILES string of the molecule is CC(C)C(=O)N1CCC=C(c2cc3c(Nc4cc5ncsc5cc4F)ncnc3s2)C1. The van der Waals surface area contributed by atoms with E-state index in [9.17, 15) is 9.18 Å². The number of thiazole rings is 1. The van der Waals surface area contributed by atoms with Crippen LogP contribution < -0.4 is 5.32 Å².